The fraction of sp³-hybridized carbons (Fsp3) is 0.800. The molecule has 1 saturated heterocycles. The molecule has 4 heteroatoms. The molecule has 1 aromatic heterocycles. The third-order valence-corrected chi connectivity index (χ3v) is 5.28. The number of nitrogens with zero attached hydrogens (tertiary/aromatic N) is 2. The first kappa shape index (κ1) is 14.9. The summed E-state index contributed by atoms with van der Waals surface area (Å²) >= 11 is 1.78. The SMILES string of the molecule is Cc1ncsc1CN(C)CCC(C)C1CCCNC1. The fourth-order valence-corrected chi connectivity index (χ4v) is 3.68. The summed E-state index contributed by atoms with van der Waals surface area (Å²) in [7, 11) is 2.23. The Morgan fingerprint density at radius 1 is 1.58 bits per heavy atom. The fourth-order valence-electron chi connectivity index (χ4n) is 2.83. The van der Waals surface area contributed by atoms with E-state index in [1.807, 2.05) is 5.51 Å². The molecule has 0 aromatic carbocycles. The van der Waals surface area contributed by atoms with Gasteiger partial charge >= 0.3 is 0 Å². The summed E-state index contributed by atoms with van der Waals surface area (Å²) in [6.07, 6.45) is 4.07. The molecule has 0 bridgehead atoms. The van der Waals surface area contributed by atoms with E-state index in [9.17, 15) is 0 Å². The summed E-state index contributed by atoms with van der Waals surface area (Å²) in [5, 5.41) is 3.53. The molecule has 19 heavy (non-hydrogen) atoms. The van der Waals surface area contributed by atoms with Gasteiger partial charge in [-0.1, -0.05) is 6.92 Å². The van der Waals surface area contributed by atoms with E-state index in [2.05, 4.69) is 36.1 Å². The maximum atomic E-state index is 4.32. The van der Waals surface area contributed by atoms with Gasteiger partial charge in [0.15, 0.2) is 0 Å². The third-order valence-electron chi connectivity index (χ3n) is 4.36. The molecule has 2 atom stereocenters. The minimum Gasteiger partial charge on any atom is -0.316 e. The van der Waals surface area contributed by atoms with Crippen molar-refractivity contribution in [2.45, 2.75) is 39.7 Å². The molecule has 1 fully saturated rings. The van der Waals surface area contributed by atoms with Gasteiger partial charge < -0.3 is 10.2 Å². The molecule has 2 unspecified atom stereocenters. The quantitative estimate of drug-likeness (QED) is 0.869. The largest absolute Gasteiger partial charge is 0.316 e. The van der Waals surface area contributed by atoms with Gasteiger partial charge in [0.25, 0.3) is 0 Å². The van der Waals surface area contributed by atoms with Crippen LogP contribution in [-0.2, 0) is 6.54 Å². The summed E-state index contributed by atoms with van der Waals surface area (Å²) in [6, 6.07) is 0. The van der Waals surface area contributed by atoms with E-state index in [1.165, 1.54) is 49.5 Å². The molecule has 2 heterocycles. The smallest absolute Gasteiger partial charge is 0.0798 e. The van der Waals surface area contributed by atoms with E-state index in [1.54, 1.807) is 11.3 Å². The molecule has 108 valence electrons. The van der Waals surface area contributed by atoms with E-state index < -0.39 is 0 Å². The van der Waals surface area contributed by atoms with Crippen molar-refractivity contribution in [2.75, 3.05) is 26.7 Å². The van der Waals surface area contributed by atoms with Crippen LogP contribution in [0.5, 0.6) is 0 Å². The molecule has 0 amide bonds. The van der Waals surface area contributed by atoms with Gasteiger partial charge in [0.05, 0.1) is 11.2 Å². The highest BCUT2D eigenvalue weighted by Crippen LogP contribution is 2.23. The zero-order valence-electron chi connectivity index (χ0n) is 12.5. The summed E-state index contributed by atoms with van der Waals surface area (Å²) in [5.41, 5.74) is 3.15. The second-order valence-corrected chi connectivity index (χ2v) is 6.91. The maximum absolute atomic E-state index is 4.32. The summed E-state index contributed by atoms with van der Waals surface area (Å²) in [4.78, 5) is 8.17. The van der Waals surface area contributed by atoms with Crippen molar-refractivity contribution in [3.05, 3.63) is 16.1 Å². The molecule has 0 aliphatic carbocycles. The first-order valence-corrected chi connectivity index (χ1v) is 8.33. The lowest BCUT2D eigenvalue weighted by atomic mass is 9.85. The van der Waals surface area contributed by atoms with Crippen LogP contribution in [0.3, 0.4) is 0 Å². The van der Waals surface area contributed by atoms with E-state index in [0.29, 0.717) is 0 Å². The highest BCUT2D eigenvalue weighted by molar-refractivity contribution is 7.09. The predicted molar refractivity (Wildman–Crippen MR) is 82.6 cm³/mol. The first-order valence-electron chi connectivity index (χ1n) is 7.45. The van der Waals surface area contributed by atoms with Crippen LogP contribution in [0, 0.1) is 18.8 Å². The molecule has 0 spiro atoms. The first-order chi connectivity index (χ1) is 9.16. The van der Waals surface area contributed by atoms with E-state index in [-0.39, 0.29) is 0 Å². The molecular formula is C15H27N3S. The van der Waals surface area contributed by atoms with Crippen LogP contribution in [-0.4, -0.2) is 36.6 Å². The number of hydrogen-bond donors (Lipinski definition) is 1. The van der Waals surface area contributed by atoms with Crippen molar-refractivity contribution in [3.8, 4) is 0 Å². The standard InChI is InChI=1S/C15H27N3S/c1-12(14-5-4-7-16-9-14)6-8-18(3)10-15-13(2)17-11-19-15/h11-12,14,16H,4-10H2,1-3H3. The predicted octanol–water partition coefficient (Wildman–Crippen LogP) is 2.91. The van der Waals surface area contributed by atoms with Crippen LogP contribution in [0.15, 0.2) is 5.51 Å². The van der Waals surface area contributed by atoms with Gasteiger partial charge in [-0.3, -0.25) is 0 Å². The minimum atomic E-state index is 0.831. The molecule has 0 radical (unpaired) electrons. The number of rotatable bonds is 6. The molecule has 1 aliphatic heterocycles. The molecule has 1 N–H and O–H groups in total. The van der Waals surface area contributed by atoms with E-state index in [0.717, 1.165) is 18.4 Å². The molecule has 0 saturated carbocycles. The lowest BCUT2D eigenvalue weighted by Gasteiger charge is -2.29. The van der Waals surface area contributed by atoms with Crippen LogP contribution in [0.4, 0.5) is 0 Å². The van der Waals surface area contributed by atoms with E-state index >= 15 is 0 Å². The van der Waals surface area contributed by atoms with Crippen molar-refractivity contribution in [1.82, 2.24) is 15.2 Å². The van der Waals surface area contributed by atoms with Gasteiger partial charge in [0, 0.05) is 11.4 Å². The molecule has 2 rings (SSSR count). The lowest BCUT2D eigenvalue weighted by molar-refractivity contribution is 0.230. The van der Waals surface area contributed by atoms with Crippen LogP contribution in [0.25, 0.3) is 0 Å². The van der Waals surface area contributed by atoms with Gasteiger partial charge in [-0.2, -0.15) is 0 Å². The van der Waals surface area contributed by atoms with Crippen molar-refractivity contribution < 1.29 is 0 Å². The Morgan fingerprint density at radius 2 is 2.42 bits per heavy atom. The number of nitrogens with one attached hydrogen (secondary N) is 1. The average molecular weight is 281 g/mol. The van der Waals surface area contributed by atoms with Gasteiger partial charge in [-0.05, 0) is 64.7 Å². The number of aryl methyl sites for hydroxylation is 1. The Balaban J connectivity index is 1.70. The Hall–Kier alpha value is -0.450. The second kappa shape index (κ2) is 7.36. The maximum Gasteiger partial charge on any atom is 0.0798 e. The Morgan fingerprint density at radius 3 is 3.05 bits per heavy atom. The molecule has 1 aromatic rings. The number of thiazole rings is 1. The van der Waals surface area contributed by atoms with Crippen LogP contribution >= 0.6 is 11.3 Å². The van der Waals surface area contributed by atoms with Gasteiger partial charge in [0.2, 0.25) is 0 Å². The van der Waals surface area contributed by atoms with Crippen molar-refractivity contribution in [2.24, 2.45) is 11.8 Å². The summed E-state index contributed by atoms with van der Waals surface area (Å²) in [6.45, 7) is 9.20. The minimum absolute atomic E-state index is 0.831. The van der Waals surface area contributed by atoms with Crippen molar-refractivity contribution >= 4 is 11.3 Å². The van der Waals surface area contributed by atoms with Gasteiger partial charge in [-0.25, -0.2) is 4.98 Å². The molecular weight excluding hydrogens is 254 g/mol. The van der Waals surface area contributed by atoms with E-state index in [4.69, 9.17) is 0 Å². The second-order valence-electron chi connectivity index (χ2n) is 5.97. The summed E-state index contributed by atoms with van der Waals surface area (Å²) < 4.78 is 0. The van der Waals surface area contributed by atoms with Gasteiger partial charge in [0.1, 0.15) is 0 Å². The molecule has 3 nitrogen and oxygen atoms in total. The van der Waals surface area contributed by atoms with Crippen LogP contribution in [0.2, 0.25) is 0 Å². The Kier molecular flexibility index (Phi) is 5.79. The third kappa shape index (κ3) is 4.55. The number of hydrogen-bond acceptors (Lipinski definition) is 4. The van der Waals surface area contributed by atoms with Gasteiger partial charge in [-0.15, -0.1) is 11.3 Å². The number of piperidine rings is 1. The van der Waals surface area contributed by atoms with Crippen LogP contribution < -0.4 is 5.32 Å². The number of aromatic nitrogens is 1. The monoisotopic (exact) mass is 281 g/mol. The highest BCUT2D eigenvalue weighted by atomic mass is 32.1. The van der Waals surface area contributed by atoms with Crippen LogP contribution in [0.1, 0.15) is 36.8 Å². The lowest BCUT2D eigenvalue weighted by Crippen LogP contribution is -2.34. The normalized spacial score (nSPS) is 21.8. The van der Waals surface area contributed by atoms with Crippen molar-refractivity contribution in [1.29, 1.82) is 0 Å². The topological polar surface area (TPSA) is 28.2 Å². The highest BCUT2D eigenvalue weighted by Gasteiger charge is 2.20. The molecule has 1 aliphatic rings. The average Bonchev–Trinajstić information content (AvgIpc) is 2.82. The van der Waals surface area contributed by atoms with Crippen molar-refractivity contribution in [3.63, 3.8) is 0 Å². The summed E-state index contributed by atoms with van der Waals surface area (Å²) in [5.74, 6) is 1.71. The Labute approximate surface area is 121 Å². The zero-order chi connectivity index (χ0) is 13.7. The Bertz CT molecular complexity index is 371. The zero-order valence-corrected chi connectivity index (χ0v) is 13.3.